The summed E-state index contributed by atoms with van der Waals surface area (Å²) >= 11 is 0. The Labute approximate surface area is 200 Å². The minimum atomic E-state index is -3.51. The molecular weight excluding hydrogens is 452 g/mol. The number of piperazine rings is 1. The van der Waals surface area contributed by atoms with Crippen LogP contribution in [0.5, 0.6) is 5.88 Å². The number of benzene rings is 1. The van der Waals surface area contributed by atoms with Crippen molar-refractivity contribution in [2.24, 2.45) is 0 Å². The molecule has 3 aromatic rings. The van der Waals surface area contributed by atoms with Gasteiger partial charge in [0, 0.05) is 55.6 Å². The minimum absolute atomic E-state index is 0.187. The van der Waals surface area contributed by atoms with Crippen molar-refractivity contribution in [2.45, 2.75) is 19.9 Å². The van der Waals surface area contributed by atoms with Crippen LogP contribution in [0.25, 0.3) is 22.0 Å². The van der Waals surface area contributed by atoms with Crippen molar-refractivity contribution in [3.63, 3.8) is 0 Å². The zero-order valence-electron chi connectivity index (χ0n) is 19.7. The number of fused-ring (bicyclic) bond motifs is 1. The van der Waals surface area contributed by atoms with Gasteiger partial charge < -0.3 is 9.64 Å². The van der Waals surface area contributed by atoms with Gasteiger partial charge in [-0.05, 0) is 37.6 Å². The van der Waals surface area contributed by atoms with Crippen LogP contribution < -0.4 is 14.4 Å². The number of nitrogens with zero attached hydrogens (tertiary/aromatic N) is 5. The molecule has 0 spiro atoms. The molecule has 0 bridgehead atoms. The average molecular weight is 481 g/mol. The summed E-state index contributed by atoms with van der Waals surface area (Å²) in [6.07, 6.45) is 4.35. The summed E-state index contributed by atoms with van der Waals surface area (Å²) in [6.45, 7) is 7.88. The molecule has 9 nitrogen and oxygen atoms in total. The Hall–Kier alpha value is -3.42. The molecule has 1 fully saturated rings. The molecule has 1 saturated heterocycles. The first-order valence-electron chi connectivity index (χ1n) is 11.0. The van der Waals surface area contributed by atoms with E-state index in [1.165, 1.54) is 7.11 Å². The zero-order chi connectivity index (χ0) is 24.5. The van der Waals surface area contributed by atoms with Crippen molar-refractivity contribution in [3.05, 3.63) is 42.2 Å². The second-order valence-corrected chi connectivity index (χ2v) is 10.4. The van der Waals surface area contributed by atoms with Gasteiger partial charge in [-0.1, -0.05) is 6.07 Å². The fourth-order valence-electron chi connectivity index (χ4n) is 4.29. The highest BCUT2D eigenvalue weighted by Crippen LogP contribution is 2.35. The highest BCUT2D eigenvalue weighted by Gasteiger charge is 2.23. The Balaban J connectivity index is 1.79. The zero-order valence-corrected chi connectivity index (χ0v) is 20.6. The third kappa shape index (κ3) is 4.90. The van der Waals surface area contributed by atoms with E-state index in [-0.39, 0.29) is 11.6 Å². The second-order valence-electron chi connectivity index (χ2n) is 8.64. The lowest BCUT2D eigenvalue weighted by Gasteiger charge is -2.38. The van der Waals surface area contributed by atoms with Gasteiger partial charge in [0.1, 0.15) is 11.8 Å². The van der Waals surface area contributed by atoms with Gasteiger partial charge in [0.15, 0.2) is 0 Å². The third-order valence-electron chi connectivity index (χ3n) is 5.99. The molecule has 1 aromatic carbocycles. The highest BCUT2D eigenvalue weighted by atomic mass is 32.2. The predicted octanol–water partition coefficient (Wildman–Crippen LogP) is 3.08. The normalized spacial score (nSPS) is 14.9. The van der Waals surface area contributed by atoms with Crippen molar-refractivity contribution in [3.8, 4) is 23.1 Å². The van der Waals surface area contributed by atoms with Gasteiger partial charge in [0.05, 0.1) is 30.1 Å². The molecule has 1 N–H and O–H groups in total. The molecule has 0 unspecified atom stereocenters. The number of methoxy groups -OCH3 is 1. The smallest absolute Gasteiger partial charge is 0.238 e. The molecule has 2 aromatic heterocycles. The first kappa shape index (κ1) is 23.7. The molecule has 0 saturated carbocycles. The molecule has 1 aliphatic rings. The number of sulfonamides is 1. The maximum Gasteiger partial charge on any atom is 0.238 e. The number of ether oxygens (including phenoxy) is 1. The maximum atomic E-state index is 11.8. The highest BCUT2D eigenvalue weighted by molar-refractivity contribution is 7.92. The Bertz CT molecular complexity index is 1360. The summed E-state index contributed by atoms with van der Waals surface area (Å²) in [5.41, 5.74) is 4.02. The van der Waals surface area contributed by atoms with Gasteiger partial charge in [-0.3, -0.25) is 14.6 Å². The number of hydrogen-bond donors (Lipinski definition) is 1. The lowest BCUT2D eigenvalue weighted by Crippen LogP contribution is -2.49. The lowest BCUT2D eigenvalue weighted by atomic mass is 10.0. The van der Waals surface area contributed by atoms with Crippen LogP contribution in [0, 0.1) is 11.3 Å². The number of hydrogen-bond acceptors (Lipinski definition) is 8. The Kier molecular flexibility index (Phi) is 6.59. The molecule has 178 valence electrons. The Morgan fingerprint density at radius 3 is 2.44 bits per heavy atom. The van der Waals surface area contributed by atoms with Crippen LogP contribution in [0.2, 0.25) is 0 Å². The van der Waals surface area contributed by atoms with E-state index in [0.717, 1.165) is 54.6 Å². The van der Waals surface area contributed by atoms with Crippen molar-refractivity contribution in [1.29, 1.82) is 5.26 Å². The number of pyridine rings is 2. The summed E-state index contributed by atoms with van der Waals surface area (Å²) in [6, 6.07) is 10.3. The van der Waals surface area contributed by atoms with Crippen LogP contribution in [0.4, 0.5) is 11.4 Å². The molecule has 0 amide bonds. The summed E-state index contributed by atoms with van der Waals surface area (Å²) in [7, 11) is -2.07. The van der Waals surface area contributed by atoms with Crippen molar-refractivity contribution >= 4 is 32.3 Å². The van der Waals surface area contributed by atoms with Gasteiger partial charge in [-0.25, -0.2) is 13.4 Å². The van der Waals surface area contributed by atoms with E-state index < -0.39 is 10.0 Å². The molecular formula is C24H28N6O3S. The van der Waals surface area contributed by atoms with Crippen molar-refractivity contribution < 1.29 is 13.2 Å². The lowest BCUT2D eigenvalue weighted by molar-refractivity contribution is 0.209. The first-order valence-corrected chi connectivity index (χ1v) is 12.9. The molecule has 0 radical (unpaired) electrons. The standard InChI is InChI=1S/C24H28N6O3S/c1-16(2)29-7-9-30(10-8-29)23-19(13-25)15-26-21-6-5-17(11-20(21)23)18-12-22(28-34(4,31)32)24(33-3)27-14-18/h5-6,11-12,14-16,28H,7-10H2,1-4H3. The number of anilines is 2. The predicted molar refractivity (Wildman–Crippen MR) is 134 cm³/mol. The monoisotopic (exact) mass is 480 g/mol. The van der Waals surface area contributed by atoms with E-state index in [9.17, 15) is 13.7 Å². The number of rotatable bonds is 6. The molecule has 0 atom stereocenters. The molecule has 3 heterocycles. The third-order valence-corrected chi connectivity index (χ3v) is 6.58. The van der Waals surface area contributed by atoms with E-state index >= 15 is 0 Å². The molecule has 10 heteroatoms. The molecule has 1 aliphatic heterocycles. The fraction of sp³-hybridized carbons (Fsp3) is 0.375. The van der Waals surface area contributed by atoms with Crippen LogP contribution in [0.3, 0.4) is 0 Å². The van der Waals surface area contributed by atoms with Crippen LogP contribution in [-0.4, -0.2) is 68.9 Å². The van der Waals surface area contributed by atoms with Gasteiger partial charge in [-0.2, -0.15) is 5.26 Å². The van der Waals surface area contributed by atoms with Crippen LogP contribution >= 0.6 is 0 Å². The van der Waals surface area contributed by atoms with Gasteiger partial charge in [0.25, 0.3) is 0 Å². The Morgan fingerprint density at radius 2 is 1.82 bits per heavy atom. The number of nitriles is 1. The average Bonchev–Trinajstić information content (AvgIpc) is 2.82. The van der Waals surface area contributed by atoms with Gasteiger partial charge >= 0.3 is 0 Å². The van der Waals surface area contributed by atoms with E-state index in [1.54, 1.807) is 18.5 Å². The van der Waals surface area contributed by atoms with E-state index in [4.69, 9.17) is 4.74 Å². The summed E-state index contributed by atoms with van der Waals surface area (Å²) in [5, 5.41) is 10.7. The molecule has 4 rings (SSSR count). The largest absolute Gasteiger partial charge is 0.480 e. The Morgan fingerprint density at radius 1 is 1.09 bits per heavy atom. The fourth-order valence-corrected chi connectivity index (χ4v) is 4.83. The van der Waals surface area contributed by atoms with E-state index in [0.29, 0.717) is 17.2 Å². The van der Waals surface area contributed by atoms with E-state index in [2.05, 4.69) is 44.4 Å². The molecule has 0 aliphatic carbocycles. The van der Waals surface area contributed by atoms with Crippen molar-refractivity contribution in [1.82, 2.24) is 14.9 Å². The van der Waals surface area contributed by atoms with Crippen LogP contribution in [0.1, 0.15) is 19.4 Å². The quantitative estimate of drug-likeness (QED) is 0.573. The van der Waals surface area contributed by atoms with Crippen LogP contribution in [0.15, 0.2) is 36.7 Å². The van der Waals surface area contributed by atoms with Crippen molar-refractivity contribution in [2.75, 3.05) is 49.2 Å². The summed E-state index contributed by atoms with van der Waals surface area (Å²) < 4.78 is 31.3. The van der Waals surface area contributed by atoms with Crippen LogP contribution in [-0.2, 0) is 10.0 Å². The van der Waals surface area contributed by atoms with Gasteiger partial charge in [0.2, 0.25) is 15.9 Å². The SMILES string of the molecule is COc1ncc(-c2ccc3ncc(C#N)c(N4CCN(C(C)C)CC4)c3c2)cc1NS(C)(=O)=O. The summed E-state index contributed by atoms with van der Waals surface area (Å²) in [5.74, 6) is 0.187. The minimum Gasteiger partial charge on any atom is -0.480 e. The van der Waals surface area contributed by atoms with E-state index in [1.807, 2.05) is 18.2 Å². The first-order chi connectivity index (χ1) is 16.2. The maximum absolute atomic E-state index is 11.8. The summed E-state index contributed by atoms with van der Waals surface area (Å²) in [4.78, 5) is 13.5. The van der Waals surface area contributed by atoms with Gasteiger partial charge in [-0.15, -0.1) is 0 Å². The second kappa shape index (κ2) is 9.44. The topological polar surface area (TPSA) is 111 Å². The number of nitrogens with one attached hydrogen (secondary N) is 1. The molecule has 34 heavy (non-hydrogen) atoms. The number of aromatic nitrogens is 2.